The molecule has 0 bridgehead atoms. The zero-order valence-electron chi connectivity index (χ0n) is 16.8. The number of benzene rings is 1. The van der Waals surface area contributed by atoms with Crippen LogP contribution in [0.25, 0.3) is 10.8 Å². The molecule has 0 spiro atoms. The van der Waals surface area contributed by atoms with Crippen LogP contribution in [-0.2, 0) is 24.4 Å². The number of aryl methyl sites for hydroxylation is 1. The van der Waals surface area contributed by atoms with E-state index in [1.807, 2.05) is 24.3 Å². The van der Waals surface area contributed by atoms with Crippen LogP contribution in [0.1, 0.15) is 17.5 Å². The van der Waals surface area contributed by atoms with Gasteiger partial charge in [0.2, 0.25) is 5.91 Å². The van der Waals surface area contributed by atoms with Crippen LogP contribution in [-0.4, -0.2) is 30.6 Å². The van der Waals surface area contributed by atoms with Gasteiger partial charge in [-0.1, -0.05) is 18.2 Å². The maximum absolute atomic E-state index is 13.1. The third kappa shape index (κ3) is 4.75. The van der Waals surface area contributed by atoms with E-state index in [9.17, 15) is 14.4 Å². The Hall–Kier alpha value is -4.07. The zero-order chi connectivity index (χ0) is 21.6. The van der Waals surface area contributed by atoms with Gasteiger partial charge in [-0.05, 0) is 41.5 Å². The summed E-state index contributed by atoms with van der Waals surface area (Å²) >= 11 is 0. The molecule has 3 heterocycles. The first kappa shape index (κ1) is 20.2. The molecule has 156 valence electrons. The molecule has 0 aliphatic carbocycles. The van der Waals surface area contributed by atoms with Crippen molar-refractivity contribution in [1.82, 2.24) is 24.6 Å². The van der Waals surface area contributed by atoms with Crippen LogP contribution in [0.5, 0.6) is 0 Å². The molecule has 1 amide bonds. The number of pyridine rings is 2. The molecule has 4 aromatic rings. The summed E-state index contributed by atoms with van der Waals surface area (Å²) in [6.07, 6.45) is 6.83. The summed E-state index contributed by atoms with van der Waals surface area (Å²) in [6, 6.07) is 14.1. The van der Waals surface area contributed by atoms with Crippen LogP contribution in [0.3, 0.4) is 0 Å². The summed E-state index contributed by atoms with van der Waals surface area (Å²) in [5.74, 6) is -0.137. The first-order chi connectivity index (χ1) is 15.1. The van der Waals surface area contributed by atoms with E-state index >= 15 is 0 Å². The van der Waals surface area contributed by atoms with Crippen molar-refractivity contribution in [2.45, 2.75) is 26.1 Å². The van der Waals surface area contributed by atoms with Crippen LogP contribution in [0, 0.1) is 0 Å². The topological polar surface area (TPSA) is 101 Å². The molecule has 1 aromatic carbocycles. The highest BCUT2D eigenvalue weighted by molar-refractivity contribution is 5.80. The number of carbonyl (C=O) groups excluding carboxylic acids is 1. The lowest BCUT2D eigenvalue weighted by Crippen LogP contribution is -2.34. The fourth-order valence-corrected chi connectivity index (χ4v) is 3.42. The summed E-state index contributed by atoms with van der Waals surface area (Å²) in [5, 5.41) is 3.25. The second-order valence-electron chi connectivity index (χ2n) is 7.16. The Morgan fingerprint density at radius 2 is 1.61 bits per heavy atom. The molecular formula is C23H21N5O3. The number of rotatable bonds is 7. The van der Waals surface area contributed by atoms with Gasteiger partial charge >= 0.3 is 0 Å². The van der Waals surface area contributed by atoms with Gasteiger partial charge < -0.3 is 4.90 Å². The minimum atomic E-state index is -0.355. The largest absolute Gasteiger partial charge is 0.334 e. The van der Waals surface area contributed by atoms with Gasteiger partial charge in [-0.3, -0.25) is 29.5 Å². The van der Waals surface area contributed by atoms with E-state index in [-0.39, 0.29) is 30.0 Å². The van der Waals surface area contributed by atoms with Gasteiger partial charge in [-0.2, -0.15) is 0 Å². The van der Waals surface area contributed by atoms with E-state index in [0.717, 1.165) is 11.1 Å². The Labute approximate surface area is 177 Å². The molecule has 0 fully saturated rings. The Kier molecular flexibility index (Phi) is 5.98. The third-order valence-corrected chi connectivity index (χ3v) is 5.00. The van der Waals surface area contributed by atoms with Crippen LogP contribution in [0.2, 0.25) is 0 Å². The summed E-state index contributed by atoms with van der Waals surface area (Å²) < 4.78 is 1.21. The smallest absolute Gasteiger partial charge is 0.273 e. The molecule has 8 nitrogen and oxygen atoms in total. The second-order valence-corrected chi connectivity index (χ2v) is 7.16. The van der Waals surface area contributed by atoms with Gasteiger partial charge in [-0.15, -0.1) is 0 Å². The average Bonchev–Trinajstić information content (AvgIpc) is 2.81. The Morgan fingerprint density at radius 3 is 2.35 bits per heavy atom. The summed E-state index contributed by atoms with van der Waals surface area (Å²) in [5.41, 5.74) is 1.17. The SMILES string of the molecule is O=C(CCn1[nH]c(=O)c2ccccc2c1=O)N(Cc1ccncc1)Cc1cccnc1. The van der Waals surface area contributed by atoms with E-state index in [1.165, 1.54) is 4.68 Å². The lowest BCUT2D eigenvalue weighted by molar-refractivity contribution is -0.132. The van der Waals surface area contributed by atoms with Gasteiger partial charge in [0.05, 0.1) is 17.3 Å². The molecule has 1 N–H and O–H groups in total. The average molecular weight is 415 g/mol. The molecule has 0 aliphatic heterocycles. The number of aromatic nitrogens is 4. The summed E-state index contributed by atoms with van der Waals surface area (Å²) in [6.45, 7) is 0.870. The summed E-state index contributed by atoms with van der Waals surface area (Å²) in [7, 11) is 0. The number of hydrogen-bond donors (Lipinski definition) is 1. The second kappa shape index (κ2) is 9.17. The standard InChI is InChI=1S/C23H21N5O3/c29-21(9-13-28-23(31)20-6-2-1-5-19(20)22(30)26-28)27(15-17-7-11-24-12-8-17)16-18-4-3-10-25-14-18/h1-8,10-12,14H,9,13,15-16H2,(H,26,30). The molecule has 8 heteroatoms. The van der Waals surface area contributed by atoms with Crippen molar-refractivity contribution in [3.05, 3.63) is 105 Å². The predicted molar refractivity (Wildman–Crippen MR) is 116 cm³/mol. The molecule has 0 saturated carbocycles. The number of nitrogens with zero attached hydrogens (tertiary/aromatic N) is 4. The van der Waals surface area contributed by atoms with E-state index < -0.39 is 0 Å². The Balaban J connectivity index is 1.54. The number of hydrogen-bond acceptors (Lipinski definition) is 5. The first-order valence-electron chi connectivity index (χ1n) is 9.89. The van der Waals surface area contributed by atoms with Gasteiger partial charge in [0, 0.05) is 44.3 Å². The molecule has 0 aliphatic rings. The maximum Gasteiger partial charge on any atom is 0.273 e. The van der Waals surface area contributed by atoms with Crippen LogP contribution >= 0.6 is 0 Å². The molecule has 0 unspecified atom stereocenters. The monoisotopic (exact) mass is 415 g/mol. The molecule has 4 rings (SSSR count). The minimum absolute atomic E-state index is 0.0690. The van der Waals surface area contributed by atoms with Crippen LogP contribution in [0.15, 0.2) is 82.9 Å². The number of aromatic amines is 1. The van der Waals surface area contributed by atoms with E-state index in [1.54, 1.807) is 54.0 Å². The zero-order valence-corrected chi connectivity index (χ0v) is 16.8. The molecule has 0 saturated heterocycles. The number of amides is 1. The highest BCUT2D eigenvalue weighted by atomic mass is 16.2. The van der Waals surface area contributed by atoms with Crippen molar-refractivity contribution in [2.24, 2.45) is 0 Å². The van der Waals surface area contributed by atoms with Crippen molar-refractivity contribution < 1.29 is 4.79 Å². The van der Waals surface area contributed by atoms with Crippen molar-refractivity contribution >= 4 is 16.7 Å². The highest BCUT2D eigenvalue weighted by Crippen LogP contribution is 2.11. The highest BCUT2D eigenvalue weighted by Gasteiger charge is 2.16. The molecular weight excluding hydrogens is 394 g/mol. The van der Waals surface area contributed by atoms with Gasteiger partial charge in [0.15, 0.2) is 0 Å². The van der Waals surface area contributed by atoms with Gasteiger partial charge in [-0.25, -0.2) is 4.68 Å². The Bertz CT molecular complexity index is 1260. The quantitative estimate of drug-likeness (QED) is 0.498. The number of fused-ring (bicyclic) bond motifs is 1. The van der Waals surface area contributed by atoms with Crippen molar-refractivity contribution in [3.63, 3.8) is 0 Å². The number of H-pyrrole nitrogens is 1. The fraction of sp³-hybridized carbons (Fsp3) is 0.174. The van der Waals surface area contributed by atoms with Gasteiger partial charge in [0.1, 0.15) is 0 Å². The first-order valence-corrected chi connectivity index (χ1v) is 9.89. The lowest BCUT2D eigenvalue weighted by atomic mass is 10.2. The number of nitrogens with one attached hydrogen (secondary N) is 1. The van der Waals surface area contributed by atoms with Crippen molar-refractivity contribution in [3.8, 4) is 0 Å². The van der Waals surface area contributed by atoms with Crippen molar-refractivity contribution in [1.29, 1.82) is 0 Å². The minimum Gasteiger partial charge on any atom is -0.334 e. The Morgan fingerprint density at radius 1 is 0.871 bits per heavy atom. The molecule has 0 radical (unpaired) electrons. The number of carbonyl (C=O) groups is 1. The molecule has 0 atom stereocenters. The fourth-order valence-electron chi connectivity index (χ4n) is 3.42. The van der Waals surface area contributed by atoms with E-state index in [2.05, 4.69) is 15.1 Å². The maximum atomic E-state index is 13.1. The predicted octanol–water partition coefficient (Wildman–Crippen LogP) is 2.10. The third-order valence-electron chi connectivity index (χ3n) is 5.00. The molecule has 31 heavy (non-hydrogen) atoms. The van der Waals surface area contributed by atoms with Gasteiger partial charge in [0.25, 0.3) is 11.1 Å². The van der Waals surface area contributed by atoms with Crippen LogP contribution < -0.4 is 11.1 Å². The lowest BCUT2D eigenvalue weighted by Gasteiger charge is -2.23. The van der Waals surface area contributed by atoms with Crippen LogP contribution in [0.4, 0.5) is 0 Å². The van der Waals surface area contributed by atoms with Crippen molar-refractivity contribution in [2.75, 3.05) is 0 Å². The molecule has 3 aromatic heterocycles. The van der Waals surface area contributed by atoms with E-state index in [0.29, 0.717) is 23.9 Å². The van der Waals surface area contributed by atoms with E-state index in [4.69, 9.17) is 0 Å². The normalized spacial score (nSPS) is 10.8. The summed E-state index contributed by atoms with van der Waals surface area (Å²) in [4.78, 5) is 47.9.